The number of nitrogens with one attached hydrogen (secondary N) is 2. The number of esters is 2. The zero-order chi connectivity index (χ0) is 71.2. The van der Waals surface area contributed by atoms with Crippen molar-refractivity contribution in [1.29, 1.82) is 0 Å². The van der Waals surface area contributed by atoms with Crippen LogP contribution in [0.15, 0.2) is 0 Å². The second-order valence-electron chi connectivity index (χ2n) is 35.9. The molecule has 6 atom stereocenters. The number of nitrogens with zero attached hydrogens (tertiary/aromatic N) is 7. The summed E-state index contributed by atoms with van der Waals surface area (Å²) in [6, 6.07) is 0. The molecular weight excluding hydrogens is 1170 g/mol. The van der Waals surface area contributed by atoms with E-state index in [0.29, 0.717) is 70.5 Å². The van der Waals surface area contributed by atoms with Crippen LogP contribution in [0.5, 0.6) is 0 Å². The standard InChI is InChI=1S/C24H41N3O3.C22H39N3O2.C15H30O.C7H11N3O2.C4H8O2.2CH4/c1-14-12-17(22(4,5)6)19(18(13-14)23(7,8)9)30-21(29)24(10,11)20-25-15(2)26-27(20)16(3)28;1-13-11-15(20(3,4)5)17(16(12-13)21(6,7)8)27-19(26)22(9,10)18-23-14(2)24-25-18;1-10-8-11(14(2,3)4)13(16)12(9-10)15(5,6)7;1-4-8-5(10-9-4)7(2,3)6(11)12;1-3(2)4(5)6;;/h14,17-19H,12-13H2,1-11H3;13,15-17H,11-12H2,1-10H3,(H,23,24,25);10-13,16H,8-9H2,1-7H3;1-3H3,(H,11,12)(H,8,9,10);3H,1-2H3,(H,5,6);2*1H4. The van der Waals surface area contributed by atoms with E-state index in [1.807, 2.05) is 20.8 Å². The number of hydrogen-bond donors (Lipinski definition) is 5. The fourth-order valence-electron chi connectivity index (χ4n) is 13.1. The molecule has 0 aliphatic heterocycles. The lowest BCUT2D eigenvalue weighted by Crippen LogP contribution is -2.51. The minimum atomic E-state index is -1.08. The Morgan fingerprint density at radius 3 is 0.978 bits per heavy atom. The molecule has 0 amide bonds. The van der Waals surface area contributed by atoms with Gasteiger partial charge < -0.3 is 24.8 Å². The molecule has 93 heavy (non-hydrogen) atoms. The van der Waals surface area contributed by atoms with Crippen LogP contribution in [0.1, 0.15) is 301 Å². The second-order valence-corrected chi connectivity index (χ2v) is 35.9. The molecule has 3 fully saturated rings. The highest BCUT2D eigenvalue weighted by atomic mass is 16.6. The number of aliphatic hydroxyl groups excluding tert-OH is 1. The van der Waals surface area contributed by atoms with Crippen LogP contribution < -0.4 is 0 Å². The number of rotatable bonds is 9. The molecule has 3 aliphatic rings. The van der Waals surface area contributed by atoms with E-state index < -0.39 is 28.2 Å². The maximum absolute atomic E-state index is 13.5. The number of aliphatic hydroxyl groups is 1. The van der Waals surface area contributed by atoms with Gasteiger partial charge in [-0.05, 0) is 163 Å². The first-order valence-corrected chi connectivity index (χ1v) is 33.5. The predicted molar refractivity (Wildman–Crippen MR) is 375 cm³/mol. The summed E-state index contributed by atoms with van der Waals surface area (Å²) in [4.78, 5) is 72.0. The summed E-state index contributed by atoms with van der Waals surface area (Å²) < 4.78 is 13.9. The number of aromatic amines is 2. The van der Waals surface area contributed by atoms with Crippen molar-refractivity contribution in [3.8, 4) is 0 Å². The number of H-pyrrole nitrogens is 2. The van der Waals surface area contributed by atoms with Gasteiger partial charge in [-0.2, -0.15) is 14.9 Å². The Morgan fingerprint density at radius 1 is 0.473 bits per heavy atom. The average molecular weight is 1310 g/mol. The van der Waals surface area contributed by atoms with E-state index in [4.69, 9.17) is 19.7 Å². The number of aliphatic carboxylic acids is 2. The molecule has 5 N–H and O–H groups in total. The van der Waals surface area contributed by atoms with Crippen LogP contribution in [0.2, 0.25) is 0 Å². The molecule has 3 heterocycles. The van der Waals surface area contributed by atoms with Gasteiger partial charge in [0.15, 0.2) is 17.5 Å². The predicted octanol–water partition coefficient (Wildman–Crippen LogP) is 16.8. The normalized spacial score (nSPS) is 24.8. The number of hydrogen-bond acceptors (Lipinski definition) is 14. The third kappa shape index (κ3) is 24.2. The Kier molecular flexibility index (Phi) is 31.0. The topological polar surface area (TPSA) is 278 Å². The summed E-state index contributed by atoms with van der Waals surface area (Å²) in [5, 5.41) is 45.0. The van der Waals surface area contributed by atoms with Crippen molar-refractivity contribution in [2.24, 2.45) is 91.7 Å². The van der Waals surface area contributed by atoms with Gasteiger partial charge >= 0.3 is 23.9 Å². The van der Waals surface area contributed by atoms with Crippen molar-refractivity contribution in [3.63, 3.8) is 0 Å². The van der Waals surface area contributed by atoms with E-state index in [-0.39, 0.29) is 101 Å². The molecule has 3 aromatic rings. The number of carbonyl (C=O) groups excluding carboxylic acids is 3. The first kappa shape index (κ1) is 87.9. The average Bonchev–Trinajstić information content (AvgIpc) is 1.52. The van der Waals surface area contributed by atoms with Gasteiger partial charge in [-0.1, -0.05) is 174 Å². The zero-order valence-electron chi connectivity index (χ0n) is 63.1. The van der Waals surface area contributed by atoms with E-state index in [1.54, 1.807) is 55.4 Å². The smallest absolute Gasteiger partial charge is 0.319 e. The summed E-state index contributed by atoms with van der Waals surface area (Å²) in [5.74, 6) is 4.24. The van der Waals surface area contributed by atoms with Crippen LogP contribution >= 0.6 is 0 Å². The third-order valence-corrected chi connectivity index (χ3v) is 19.4. The van der Waals surface area contributed by atoms with Crippen molar-refractivity contribution in [1.82, 2.24) is 45.1 Å². The summed E-state index contributed by atoms with van der Waals surface area (Å²) in [6.45, 7) is 67.9. The minimum absolute atomic E-state index is 0. The van der Waals surface area contributed by atoms with Gasteiger partial charge in [0.1, 0.15) is 45.9 Å². The maximum atomic E-state index is 13.5. The Morgan fingerprint density at radius 2 is 0.742 bits per heavy atom. The summed E-state index contributed by atoms with van der Waals surface area (Å²) in [6.07, 6.45) is 6.22. The summed E-state index contributed by atoms with van der Waals surface area (Å²) >= 11 is 0. The Hall–Kier alpha value is -5.07. The first-order valence-electron chi connectivity index (χ1n) is 33.5. The van der Waals surface area contributed by atoms with Crippen molar-refractivity contribution in [2.45, 2.75) is 316 Å². The van der Waals surface area contributed by atoms with Gasteiger partial charge in [0, 0.05) is 30.6 Å². The monoisotopic (exact) mass is 1310 g/mol. The van der Waals surface area contributed by atoms with Crippen molar-refractivity contribution in [3.05, 3.63) is 34.9 Å². The molecule has 3 saturated carbocycles. The van der Waals surface area contributed by atoms with Crippen LogP contribution in [0.25, 0.3) is 0 Å². The largest absolute Gasteiger partial charge is 0.481 e. The van der Waals surface area contributed by atoms with Crippen molar-refractivity contribution in [2.75, 3.05) is 0 Å². The highest BCUT2D eigenvalue weighted by Crippen LogP contribution is 2.53. The molecule has 538 valence electrons. The van der Waals surface area contributed by atoms with E-state index in [1.165, 1.54) is 24.4 Å². The summed E-state index contributed by atoms with van der Waals surface area (Å²) in [5.41, 5.74) is -2.35. The molecule has 19 nitrogen and oxygen atoms in total. The zero-order valence-corrected chi connectivity index (χ0v) is 63.1. The van der Waals surface area contributed by atoms with Crippen LogP contribution in [0, 0.1) is 112 Å². The Bertz CT molecular complexity index is 2780. The quantitative estimate of drug-likeness (QED) is 0.125. The number of carbonyl (C=O) groups is 5. The Balaban J connectivity index is 0.00000122. The molecule has 6 unspecified atom stereocenters. The number of aryl methyl sites for hydroxylation is 3. The van der Waals surface area contributed by atoms with Gasteiger partial charge in [-0.25, -0.2) is 15.0 Å². The lowest BCUT2D eigenvalue weighted by molar-refractivity contribution is -0.176. The molecule has 19 heteroatoms. The molecule has 0 aromatic carbocycles. The van der Waals surface area contributed by atoms with Gasteiger partial charge in [0.25, 0.3) is 0 Å². The van der Waals surface area contributed by atoms with Gasteiger partial charge in [-0.3, -0.25) is 34.2 Å². The number of carboxylic acid groups (broad SMARTS) is 2. The van der Waals surface area contributed by atoms with Gasteiger partial charge in [-0.15, -0.1) is 5.10 Å². The molecule has 0 radical (unpaired) electrons. The maximum Gasteiger partial charge on any atom is 0.319 e. The molecule has 0 bridgehead atoms. The number of ether oxygens (including phenoxy) is 2. The highest BCUT2D eigenvalue weighted by Gasteiger charge is 2.52. The molecule has 3 aliphatic carbocycles. The van der Waals surface area contributed by atoms with E-state index in [0.717, 1.165) is 31.6 Å². The number of carboxylic acids is 2. The van der Waals surface area contributed by atoms with Crippen LogP contribution in [0.3, 0.4) is 0 Å². The van der Waals surface area contributed by atoms with Crippen molar-refractivity contribution < 1.29 is 48.8 Å². The fraction of sp³-hybridized carbons (Fsp3) is 0.851. The van der Waals surface area contributed by atoms with Crippen molar-refractivity contribution >= 4 is 29.8 Å². The molecule has 0 saturated heterocycles. The molecular formula is C74H137N9O10. The molecule has 3 aromatic heterocycles. The third-order valence-electron chi connectivity index (χ3n) is 19.4. The van der Waals surface area contributed by atoms with Gasteiger partial charge in [0.2, 0.25) is 5.91 Å². The number of aromatic nitrogens is 9. The SMILES string of the molecule is C.C.CC(=O)n1nc(C)nc1C(C)(C)C(=O)OC1C(C(C)(C)C)CC(C)CC1C(C)(C)C.CC(C)C(=O)O.CC1CC(C(C)(C)C)C(O)C(C(C)(C)C)C1.Cc1nc(C(C)(C)C(=O)O)n[nH]1.Cc1nc(C(C)(C)C(=O)OC2C(C(C)(C)C)CC(C)CC2C(C)(C)C)n[nH]1. The lowest BCUT2D eigenvalue weighted by atomic mass is 9.59. The van der Waals surface area contributed by atoms with Crippen LogP contribution in [0.4, 0.5) is 0 Å². The van der Waals surface area contributed by atoms with Gasteiger partial charge in [0.05, 0.1) is 12.0 Å². The highest BCUT2D eigenvalue weighted by molar-refractivity contribution is 5.84. The second kappa shape index (κ2) is 32.8. The summed E-state index contributed by atoms with van der Waals surface area (Å²) in [7, 11) is 0. The first-order chi connectivity index (χ1) is 40.7. The van der Waals surface area contributed by atoms with E-state index in [9.17, 15) is 29.1 Å². The van der Waals surface area contributed by atoms with Crippen LogP contribution in [-0.4, -0.2) is 109 Å². The molecule has 6 rings (SSSR count). The van der Waals surface area contributed by atoms with E-state index >= 15 is 0 Å². The lowest BCUT2D eigenvalue weighted by Gasteiger charge is -2.50. The minimum Gasteiger partial charge on any atom is -0.481 e. The van der Waals surface area contributed by atoms with E-state index in [2.05, 4.69) is 186 Å². The Labute approximate surface area is 564 Å². The molecule has 0 spiro atoms. The fourth-order valence-corrected chi connectivity index (χ4v) is 13.1. The van der Waals surface area contributed by atoms with Crippen LogP contribution in [-0.2, 0) is 44.9 Å².